The molecule has 3 aromatic rings. The van der Waals surface area contributed by atoms with Crippen LogP contribution >= 0.6 is 0 Å². The van der Waals surface area contributed by atoms with Crippen LogP contribution in [-0.4, -0.2) is 31.3 Å². The third kappa shape index (κ3) is 3.57. The lowest BCUT2D eigenvalue weighted by Crippen LogP contribution is -2.13. The van der Waals surface area contributed by atoms with Gasteiger partial charge in [0.25, 0.3) is 5.91 Å². The Morgan fingerprint density at radius 3 is 3.00 bits per heavy atom. The summed E-state index contributed by atoms with van der Waals surface area (Å²) in [5.41, 5.74) is 0.443. The van der Waals surface area contributed by atoms with Gasteiger partial charge in [-0.1, -0.05) is 11.2 Å². The quantitative estimate of drug-likeness (QED) is 0.738. The Hall–Kier alpha value is -3.23. The molecule has 124 valence electrons. The van der Waals surface area contributed by atoms with E-state index in [9.17, 15) is 4.79 Å². The Morgan fingerprint density at radius 1 is 1.38 bits per heavy atom. The van der Waals surface area contributed by atoms with E-state index >= 15 is 0 Å². The van der Waals surface area contributed by atoms with E-state index in [2.05, 4.69) is 30.5 Å². The molecule has 1 N–H and O–H groups in total. The first-order chi connectivity index (χ1) is 11.6. The third-order valence-electron chi connectivity index (χ3n) is 3.19. The van der Waals surface area contributed by atoms with Crippen molar-refractivity contribution in [2.75, 3.05) is 5.32 Å². The van der Waals surface area contributed by atoms with Crippen LogP contribution in [0.25, 0.3) is 0 Å². The van der Waals surface area contributed by atoms with Crippen molar-refractivity contribution in [3.8, 4) is 5.75 Å². The highest BCUT2D eigenvalue weighted by atomic mass is 16.5. The Morgan fingerprint density at radius 2 is 2.25 bits per heavy atom. The minimum absolute atomic E-state index is 0.137. The number of nitrogens with zero attached hydrogens (tertiary/aromatic N) is 5. The van der Waals surface area contributed by atoms with E-state index < -0.39 is 0 Å². The Kier molecular flexibility index (Phi) is 4.50. The maximum absolute atomic E-state index is 12.2. The molecule has 0 aliphatic rings. The lowest BCUT2D eigenvalue weighted by atomic mass is 10.2. The molecule has 0 fully saturated rings. The van der Waals surface area contributed by atoms with Crippen LogP contribution in [0.3, 0.4) is 0 Å². The lowest BCUT2D eigenvalue weighted by Gasteiger charge is -2.10. The molecule has 0 radical (unpaired) electrons. The van der Waals surface area contributed by atoms with Gasteiger partial charge in [-0.2, -0.15) is 0 Å². The normalized spacial score (nSPS) is 10.8. The van der Waals surface area contributed by atoms with Gasteiger partial charge in [0.05, 0.1) is 6.04 Å². The second kappa shape index (κ2) is 6.90. The number of aromatic nitrogens is 5. The molecule has 0 aliphatic heterocycles. The number of carbonyl (C=O) groups excluding carboxylic acids is 1. The predicted octanol–water partition coefficient (Wildman–Crippen LogP) is 2.07. The molecule has 24 heavy (non-hydrogen) atoms. The second-order valence-electron chi connectivity index (χ2n) is 5.29. The number of rotatable bonds is 6. The molecule has 9 heteroatoms. The van der Waals surface area contributed by atoms with Crippen LogP contribution in [0.4, 0.5) is 5.82 Å². The SMILES string of the molecule is CC(C)n1nnnc1COc1cccc(C(=O)Nc2ccon2)c1. The highest BCUT2D eigenvalue weighted by Gasteiger charge is 2.12. The average Bonchev–Trinajstić information content (AvgIpc) is 3.24. The minimum atomic E-state index is -0.304. The van der Waals surface area contributed by atoms with E-state index in [1.807, 2.05) is 13.8 Å². The highest BCUT2D eigenvalue weighted by molar-refractivity contribution is 6.03. The summed E-state index contributed by atoms with van der Waals surface area (Å²) in [6.45, 7) is 4.17. The Balaban J connectivity index is 1.67. The molecule has 0 unspecified atom stereocenters. The first-order valence-electron chi connectivity index (χ1n) is 7.35. The van der Waals surface area contributed by atoms with Crippen molar-refractivity contribution in [1.29, 1.82) is 0 Å². The second-order valence-corrected chi connectivity index (χ2v) is 5.29. The van der Waals surface area contributed by atoms with Crippen LogP contribution in [0.2, 0.25) is 0 Å². The molecular weight excluding hydrogens is 312 g/mol. The van der Waals surface area contributed by atoms with Crippen LogP contribution in [0, 0.1) is 0 Å². The molecule has 2 aromatic heterocycles. The summed E-state index contributed by atoms with van der Waals surface area (Å²) in [4.78, 5) is 12.2. The van der Waals surface area contributed by atoms with Crippen LogP contribution in [0.1, 0.15) is 36.1 Å². The summed E-state index contributed by atoms with van der Waals surface area (Å²) in [7, 11) is 0. The molecule has 0 spiro atoms. The smallest absolute Gasteiger partial charge is 0.257 e. The van der Waals surface area contributed by atoms with Crippen molar-refractivity contribution in [2.45, 2.75) is 26.5 Å². The fourth-order valence-corrected chi connectivity index (χ4v) is 2.05. The van der Waals surface area contributed by atoms with Crippen molar-refractivity contribution in [3.63, 3.8) is 0 Å². The van der Waals surface area contributed by atoms with Gasteiger partial charge >= 0.3 is 0 Å². The van der Waals surface area contributed by atoms with E-state index in [1.165, 1.54) is 6.26 Å². The van der Waals surface area contributed by atoms with Crippen LogP contribution < -0.4 is 10.1 Å². The van der Waals surface area contributed by atoms with Crippen molar-refractivity contribution in [1.82, 2.24) is 25.4 Å². The maximum atomic E-state index is 12.2. The average molecular weight is 328 g/mol. The summed E-state index contributed by atoms with van der Waals surface area (Å²) in [6, 6.07) is 8.51. The molecular formula is C15H16N6O3. The van der Waals surface area contributed by atoms with Gasteiger partial charge in [-0.3, -0.25) is 4.79 Å². The first kappa shape index (κ1) is 15.7. The highest BCUT2D eigenvalue weighted by Crippen LogP contribution is 2.16. The van der Waals surface area contributed by atoms with E-state index in [1.54, 1.807) is 35.0 Å². The molecule has 2 heterocycles. The van der Waals surface area contributed by atoms with Gasteiger partial charge in [-0.05, 0) is 42.5 Å². The number of amides is 1. The largest absolute Gasteiger partial charge is 0.486 e. The number of tetrazole rings is 1. The molecule has 0 atom stereocenters. The number of anilines is 1. The van der Waals surface area contributed by atoms with Gasteiger partial charge in [-0.25, -0.2) is 4.68 Å². The Bertz CT molecular complexity index is 812. The zero-order valence-corrected chi connectivity index (χ0v) is 13.2. The number of ether oxygens (including phenoxy) is 1. The van der Waals surface area contributed by atoms with Gasteiger partial charge in [0.2, 0.25) is 0 Å². The third-order valence-corrected chi connectivity index (χ3v) is 3.19. The molecule has 0 aliphatic carbocycles. The van der Waals surface area contributed by atoms with Gasteiger partial charge in [0, 0.05) is 11.6 Å². The number of benzene rings is 1. The Labute approximate surface area is 137 Å². The number of hydrogen-bond acceptors (Lipinski definition) is 7. The summed E-state index contributed by atoms with van der Waals surface area (Å²) < 4.78 is 12.0. The van der Waals surface area contributed by atoms with Crippen LogP contribution in [0.15, 0.2) is 41.1 Å². The van der Waals surface area contributed by atoms with E-state index in [0.717, 1.165) is 0 Å². The molecule has 0 bridgehead atoms. The van der Waals surface area contributed by atoms with Crippen molar-refractivity contribution >= 4 is 11.7 Å². The van der Waals surface area contributed by atoms with E-state index in [4.69, 9.17) is 4.74 Å². The molecule has 0 saturated carbocycles. The lowest BCUT2D eigenvalue weighted by molar-refractivity contribution is 0.102. The summed E-state index contributed by atoms with van der Waals surface area (Å²) >= 11 is 0. The van der Waals surface area contributed by atoms with Gasteiger partial charge < -0.3 is 14.6 Å². The molecule has 0 saturated heterocycles. The molecule has 3 rings (SSSR count). The zero-order valence-electron chi connectivity index (χ0n) is 13.2. The number of carbonyl (C=O) groups is 1. The molecule has 9 nitrogen and oxygen atoms in total. The summed E-state index contributed by atoms with van der Waals surface area (Å²) in [6.07, 6.45) is 1.38. The molecule has 1 amide bonds. The monoisotopic (exact) mass is 328 g/mol. The first-order valence-corrected chi connectivity index (χ1v) is 7.35. The maximum Gasteiger partial charge on any atom is 0.257 e. The van der Waals surface area contributed by atoms with Gasteiger partial charge in [0.1, 0.15) is 18.6 Å². The van der Waals surface area contributed by atoms with Crippen LogP contribution in [-0.2, 0) is 6.61 Å². The van der Waals surface area contributed by atoms with Crippen molar-refractivity contribution in [3.05, 3.63) is 48.0 Å². The number of nitrogens with one attached hydrogen (secondary N) is 1. The molecule has 1 aromatic carbocycles. The summed E-state index contributed by atoms with van der Waals surface area (Å²) in [5.74, 6) is 1.20. The topological polar surface area (TPSA) is 108 Å². The summed E-state index contributed by atoms with van der Waals surface area (Å²) in [5, 5.41) is 17.8. The standard InChI is InChI=1S/C15H16N6O3/c1-10(2)21-14(17-19-20-21)9-23-12-5-3-4-11(8-12)15(22)16-13-6-7-24-18-13/h3-8,10H,9H2,1-2H3,(H,16,18,22). The fraction of sp³-hybridized carbons (Fsp3) is 0.267. The zero-order chi connectivity index (χ0) is 16.9. The fourth-order valence-electron chi connectivity index (χ4n) is 2.05. The van der Waals surface area contributed by atoms with Gasteiger partial charge in [0.15, 0.2) is 11.6 Å². The predicted molar refractivity (Wildman–Crippen MR) is 83.4 cm³/mol. The van der Waals surface area contributed by atoms with Gasteiger partial charge in [-0.15, -0.1) is 5.10 Å². The van der Waals surface area contributed by atoms with E-state index in [0.29, 0.717) is 23.0 Å². The minimum Gasteiger partial charge on any atom is -0.486 e. The van der Waals surface area contributed by atoms with E-state index in [-0.39, 0.29) is 18.6 Å². The van der Waals surface area contributed by atoms with Crippen molar-refractivity contribution in [2.24, 2.45) is 0 Å². The van der Waals surface area contributed by atoms with Crippen LogP contribution in [0.5, 0.6) is 5.75 Å². The van der Waals surface area contributed by atoms with Crippen molar-refractivity contribution < 1.29 is 14.1 Å². The number of hydrogen-bond donors (Lipinski definition) is 1.